The number of carbonyl (C=O) groups is 2. The van der Waals surface area contributed by atoms with Gasteiger partial charge in [-0.15, -0.1) is 0 Å². The molecule has 3 aromatic carbocycles. The highest BCUT2D eigenvalue weighted by Gasteiger charge is 2.46. The fraction of sp³-hybridized carbons (Fsp3) is 0.259. The lowest BCUT2D eigenvalue weighted by Gasteiger charge is -2.38. The summed E-state index contributed by atoms with van der Waals surface area (Å²) in [5.74, 6) is 1.26. The Hall–Kier alpha value is -3.62. The number of nitrogens with zero attached hydrogens (tertiary/aromatic N) is 1. The van der Waals surface area contributed by atoms with Crippen molar-refractivity contribution in [2.45, 2.75) is 18.3 Å². The first-order valence-corrected chi connectivity index (χ1v) is 13.7. The zero-order valence-corrected chi connectivity index (χ0v) is 23.3. The first kappa shape index (κ1) is 28.9. The van der Waals surface area contributed by atoms with Crippen LogP contribution in [0.5, 0.6) is 23.0 Å². The minimum Gasteiger partial charge on any atom is -0.497 e. The molecule has 0 fully saturated rings. The number of esters is 1. The molecule has 0 bridgehead atoms. The minimum atomic E-state index is -2.14. The van der Waals surface area contributed by atoms with Crippen LogP contribution in [0.15, 0.2) is 78.9 Å². The molecular weight excluding hydrogens is 529 g/mol. The third-order valence-corrected chi connectivity index (χ3v) is 6.98. The van der Waals surface area contributed by atoms with E-state index in [1.54, 1.807) is 55.5 Å². The number of carbonyl (C=O) groups excluding carboxylic acids is 2. The van der Waals surface area contributed by atoms with Crippen molar-refractivity contribution in [3.05, 3.63) is 84.4 Å². The third kappa shape index (κ3) is 7.94. The van der Waals surface area contributed by atoms with E-state index in [0.717, 1.165) is 22.2 Å². The topological polar surface area (TPSA) is 101 Å². The quantitative estimate of drug-likeness (QED) is 0.154. The Labute approximate surface area is 227 Å². The first-order valence-electron chi connectivity index (χ1n) is 11.7. The van der Waals surface area contributed by atoms with Gasteiger partial charge in [-0.3, -0.25) is 9.59 Å². The smallest absolute Gasteiger partial charge is 0.389 e. The summed E-state index contributed by atoms with van der Waals surface area (Å²) in [4.78, 5) is 27.2. The second-order valence-corrected chi connectivity index (χ2v) is 9.63. The molecule has 0 aliphatic heterocycles. The second kappa shape index (κ2) is 14.4. The van der Waals surface area contributed by atoms with E-state index in [1.165, 1.54) is 14.2 Å². The van der Waals surface area contributed by atoms with Crippen molar-refractivity contribution in [2.24, 2.45) is 0 Å². The van der Waals surface area contributed by atoms with Gasteiger partial charge in [0.1, 0.15) is 29.5 Å². The van der Waals surface area contributed by atoms with E-state index in [-0.39, 0.29) is 18.1 Å². The van der Waals surface area contributed by atoms with E-state index in [4.69, 9.17) is 23.7 Å². The number of thioether (sulfide) groups is 1. The van der Waals surface area contributed by atoms with E-state index in [2.05, 4.69) is 0 Å². The number of hydrogen-bond donors (Lipinski definition) is 0. The molecule has 0 aromatic heterocycles. The summed E-state index contributed by atoms with van der Waals surface area (Å²) in [5, 5.41) is -0.577. The van der Waals surface area contributed by atoms with Crippen molar-refractivity contribution in [1.82, 2.24) is 4.90 Å². The molecule has 0 heterocycles. The van der Waals surface area contributed by atoms with E-state index in [0.29, 0.717) is 17.3 Å². The first-order chi connectivity index (χ1) is 18.4. The maximum atomic E-state index is 13.6. The predicted molar refractivity (Wildman–Crippen MR) is 147 cm³/mol. The summed E-state index contributed by atoms with van der Waals surface area (Å²) in [6.45, 7) is 1.21. The molecule has 3 rings (SSSR count). The Bertz CT molecular complexity index is 1140. The molecule has 0 saturated carbocycles. The Morgan fingerprint density at radius 3 is 1.76 bits per heavy atom. The summed E-state index contributed by atoms with van der Waals surface area (Å²) in [5.41, 5.74) is -1.24. The number of amides is 1. The number of benzene rings is 3. The highest BCUT2D eigenvalue weighted by Crippen LogP contribution is 2.37. The summed E-state index contributed by atoms with van der Waals surface area (Å²) < 4.78 is 40.7. The van der Waals surface area contributed by atoms with Crippen LogP contribution < -0.4 is 18.9 Å². The molecule has 3 aromatic rings. The van der Waals surface area contributed by atoms with Crippen LogP contribution in [0.25, 0.3) is 0 Å². The maximum absolute atomic E-state index is 13.6. The Morgan fingerprint density at radius 1 is 0.816 bits per heavy atom. The Balaban J connectivity index is 2.01. The molecule has 202 valence electrons. The van der Waals surface area contributed by atoms with Gasteiger partial charge in [-0.25, -0.2) is 4.90 Å². The van der Waals surface area contributed by atoms with Gasteiger partial charge in [-0.2, -0.15) is 0 Å². The monoisotopic (exact) mass is 559 g/mol. The molecule has 38 heavy (non-hydrogen) atoms. The molecule has 0 aliphatic rings. The lowest BCUT2D eigenvalue weighted by Crippen LogP contribution is -2.56. The summed E-state index contributed by atoms with van der Waals surface area (Å²) >= 11 is 0.927. The number of rotatable bonds is 13. The van der Waals surface area contributed by atoms with Crippen LogP contribution in [0.2, 0.25) is 0 Å². The second-order valence-electron chi connectivity index (χ2n) is 7.74. The average Bonchev–Trinajstić information content (AvgIpc) is 2.95. The molecule has 0 N–H and O–H groups in total. The van der Waals surface area contributed by atoms with Crippen LogP contribution in [-0.4, -0.2) is 49.1 Å². The van der Waals surface area contributed by atoms with Gasteiger partial charge in [0, 0.05) is 5.75 Å². The third-order valence-electron chi connectivity index (χ3n) is 5.19. The zero-order valence-electron chi connectivity index (χ0n) is 21.3. The van der Waals surface area contributed by atoms with Gasteiger partial charge in [-0.1, -0.05) is 42.1 Å². The van der Waals surface area contributed by atoms with Crippen LogP contribution >= 0.6 is 20.2 Å². The number of hydrogen-bond acceptors (Lipinski definition) is 9. The standard InChI is InChI=1S/C27H30NO8PS/c1-4-34-25(29)18-28(26(30)38-19-20-8-6-5-7-9-20)27(37-31,35-23-14-10-21(32-2)11-15-23)36-24-16-12-22(33-3)13-17-24/h5-17H,4,18-19,37H2,1-3H3. The molecular formula is C27H30NO8PS. The van der Waals surface area contributed by atoms with Crippen LogP contribution in [0.3, 0.4) is 0 Å². The minimum absolute atomic E-state index is 0.105. The van der Waals surface area contributed by atoms with Crippen molar-refractivity contribution >= 4 is 31.4 Å². The summed E-state index contributed by atoms with van der Waals surface area (Å²) in [6.07, 6.45) is 0. The molecule has 1 amide bonds. The van der Waals surface area contributed by atoms with Gasteiger partial charge in [0.2, 0.25) is 0 Å². The van der Waals surface area contributed by atoms with Crippen molar-refractivity contribution < 1.29 is 37.8 Å². The highest BCUT2D eigenvalue weighted by molar-refractivity contribution is 8.12. The van der Waals surface area contributed by atoms with Crippen molar-refractivity contribution in [2.75, 3.05) is 27.4 Å². The van der Waals surface area contributed by atoms with Crippen molar-refractivity contribution in [1.29, 1.82) is 0 Å². The van der Waals surface area contributed by atoms with E-state index in [9.17, 15) is 14.2 Å². The van der Waals surface area contributed by atoms with Gasteiger partial charge >= 0.3 is 11.6 Å². The molecule has 1 atom stereocenters. The van der Waals surface area contributed by atoms with Gasteiger partial charge in [0.15, 0.2) is 8.46 Å². The van der Waals surface area contributed by atoms with Crippen molar-refractivity contribution in [3.8, 4) is 23.0 Å². The molecule has 0 saturated heterocycles. The Morgan fingerprint density at radius 2 is 1.32 bits per heavy atom. The van der Waals surface area contributed by atoms with Gasteiger partial charge in [0.05, 0.1) is 20.8 Å². The van der Waals surface area contributed by atoms with E-state index >= 15 is 0 Å². The van der Waals surface area contributed by atoms with Crippen LogP contribution in [-0.2, 0) is 19.8 Å². The zero-order chi connectivity index (χ0) is 27.4. The number of methoxy groups -OCH3 is 2. The molecule has 0 radical (unpaired) electrons. The molecule has 0 spiro atoms. The van der Waals surface area contributed by atoms with E-state index in [1.807, 2.05) is 30.3 Å². The number of ether oxygens (including phenoxy) is 5. The van der Waals surface area contributed by atoms with Crippen LogP contribution in [0.4, 0.5) is 4.79 Å². The lowest BCUT2D eigenvalue weighted by molar-refractivity contribution is -0.158. The van der Waals surface area contributed by atoms with Crippen LogP contribution in [0, 0.1) is 0 Å². The average molecular weight is 560 g/mol. The summed E-state index contributed by atoms with van der Waals surface area (Å²) in [7, 11) is 1.07. The van der Waals surface area contributed by atoms with Crippen molar-refractivity contribution in [3.63, 3.8) is 0 Å². The van der Waals surface area contributed by atoms with Gasteiger partial charge in [-0.05, 0) is 61.0 Å². The molecule has 9 nitrogen and oxygen atoms in total. The van der Waals surface area contributed by atoms with Crippen LogP contribution in [0.1, 0.15) is 12.5 Å². The largest absolute Gasteiger partial charge is 0.497 e. The normalized spacial score (nSPS) is 11.1. The lowest BCUT2D eigenvalue weighted by atomic mass is 10.2. The summed E-state index contributed by atoms with van der Waals surface area (Å²) in [6, 6.07) is 22.3. The molecule has 11 heteroatoms. The molecule has 1 unspecified atom stereocenters. The fourth-order valence-electron chi connectivity index (χ4n) is 3.30. The van der Waals surface area contributed by atoms with Gasteiger partial charge in [0.25, 0.3) is 5.24 Å². The van der Waals surface area contributed by atoms with Gasteiger partial charge < -0.3 is 28.2 Å². The van der Waals surface area contributed by atoms with E-state index < -0.39 is 31.9 Å². The maximum Gasteiger partial charge on any atom is 0.389 e. The Kier molecular flexibility index (Phi) is 10.9. The SMILES string of the molecule is CCOC(=O)CN(C(=O)SCc1ccccc1)C(Oc1ccc(OC)cc1)(Oc1ccc(OC)cc1)[PH2]=O. The highest BCUT2D eigenvalue weighted by atomic mass is 32.2. The predicted octanol–water partition coefficient (Wildman–Crippen LogP) is 5.45. The fourth-order valence-corrected chi connectivity index (χ4v) is 4.93. The molecule has 0 aliphatic carbocycles.